The summed E-state index contributed by atoms with van der Waals surface area (Å²) in [6, 6.07) is 11.8. The molecule has 2 aromatic carbocycles. The predicted molar refractivity (Wildman–Crippen MR) is 107 cm³/mol. The first kappa shape index (κ1) is 20.4. The molecule has 0 radical (unpaired) electrons. The maximum atomic E-state index is 13.3. The SMILES string of the molecule is O=C(CCNS(=O)(=O)c1cccc(Cl)c1)Nc1nc(-c2cccc(F)c2)cs1. The van der Waals surface area contributed by atoms with Crippen molar-refractivity contribution in [2.45, 2.75) is 11.3 Å². The monoisotopic (exact) mass is 439 g/mol. The van der Waals surface area contributed by atoms with Gasteiger partial charge < -0.3 is 5.32 Å². The van der Waals surface area contributed by atoms with Gasteiger partial charge in [-0.05, 0) is 30.3 Å². The van der Waals surface area contributed by atoms with Gasteiger partial charge in [-0.15, -0.1) is 11.3 Å². The molecule has 0 saturated heterocycles. The van der Waals surface area contributed by atoms with Gasteiger partial charge in [0.25, 0.3) is 0 Å². The second-order valence-electron chi connectivity index (χ2n) is 5.70. The molecule has 1 amide bonds. The van der Waals surface area contributed by atoms with Crippen molar-refractivity contribution < 1.29 is 17.6 Å². The molecule has 0 atom stereocenters. The van der Waals surface area contributed by atoms with Crippen LogP contribution in [0.2, 0.25) is 5.02 Å². The molecule has 0 saturated carbocycles. The van der Waals surface area contributed by atoms with Crippen molar-refractivity contribution >= 4 is 44.0 Å². The van der Waals surface area contributed by atoms with Gasteiger partial charge in [0.2, 0.25) is 15.9 Å². The van der Waals surface area contributed by atoms with Crippen molar-refractivity contribution in [3.8, 4) is 11.3 Å². The largest absolute Gasteiger partial charge is 0.302 e. The molecule has 0 aliphatic carbocycles. The van der Waals surface area contributed by atoms with Gasteiger partial charge >= 0.3 is 0 Å². The van der Waals surface area contributed by atoms with E-state index >= 15 is 0 Å². The van der Waals surface area contributed by atoms with Gasteiger partial charge in [-0.2, -0.15) is 0 Å². The molecule has 1 aromatic heterocycles. The number of hydrogen-bond donors (Lipinski definition) is 2. The fourth-order valence-corrected chi connectivity index (χ4v) is 4.38. The first-order chi connectivity index (χ1) is 13.3. The minimum Gasteiger partial charge on any atom is -0.302 e. The van der Waals surface area contributed by atoms with E-state index in [1.54, 1.807) is 23.6 Å². The number of carbonyl (C=O) groups is 1. The Hall–Kier alpha value is -2.33. The second-order valence-corrected chi connectivity index (χ2v) is 8.76. The van der Waals surface area contributed by atoms with E-state index in [9.17, 15) is 17.6 Å². The van der Waals surface area contributed by atoms with Crippen molar-refractivity contribution in [2.24, 2.45) is 0 Å². The molecule has 0 fully saturated rings. The number of sulfonamides is 1. The van der Waals surface area contributed by atoms with Crippen LogP contribution in [0.25, 0.3) is 11.3 Å². The van der Waals surface area contributed by atoms with Gasteiger partial charge in [-0.1, -0.05) is 29.8 Å². The maximum Gasteiger partial charge on any atom is 0.240 e. The Balaban J connectivity index is 1.54. The van der Waals surface area contributed by atoms with E-state index in [0.29, 0.717) is 21.4 Å². The van der Waals surface area contributed by atoms with Crippen LogP contribution >= 0.6 is 22.9 Å². The summed E-state index contributed by atoms with van der Waals surface area (Å²) in [5, 5.41) is 4.95. The molecule has 0 spiro atoms. The summed E-state index contributed by atoms with van der Waals surface area (Å²) >= 11 is 6.99. The van der Waals surface area contributed by atoms with Crippen LogP contribution in [0, 0.1) is 5.82 Å². The number of benzene rings is 2. The Bertz CT molecular complexity index is 1100. The molecule has 3 aromatic rings. The minimum atomic E-state index is -3.75. The fourth-order valence-electron chi connectivity index (χ4n) is 2.31. The third-order valence-electron chi connectivity index (χ3n) is 3.62. The zero-order valence-electron chi connectivity index (χ0n) is 14.4. The molecule has 2 N–H and O–H groups in total. The number of hydrogen-bond acceptors (Lipinski definition) is 5. The van der Waals surface area contributed by atoms with Crippen LogP contribution in [0.15, 0.2) is 58.8 Å². The Morgan fingerprint density at radius 3 is 2.71 bits per heavy atom. The molecule has 3 rings (SSSR count). The number of aromatic nitrogens is 1. The number of carbonyl (C=O) groups excluding carboxylic acids is 1. The molecule has 0 aliphatic heterocycles. The van der Waals surface area contributed by atoms with Crippen molar-refractivity contribution in [3.05, 3.63) is 64.8 Å². The van der Waals surface area contributed by atoms with E-state index in [1.807, 2.05) is 0 Å². The standard InChI is InChI=1S/C18H15ClFN3O3S2/c19-13-4-2-6-15(10-13)28(25,26)21-8-7-17(24)23-18-22-16(11-27-18)12-3-1-5-14(20)9-12/h1-6,9-11,21H,7-8H2,(H,22,23,24). The normalized spacial score (nSPS) is 11.4. The van der Waals surface area contributed by atoms with Gasteiger partial charge in [-0.3, -0.25) is 4.79 Å². The van der Waals surface area contributed by atoms with Gasteiger partial charge in [-0.25, -0.2) is 22.5 Å². The van der Waals surface area contributed by atoms with Crippen LogP contribution in [0.1, 0.15) is 6.42 Å². The molecule has 10 heteroatoms. The zero-order chi connectivity index (χ0) is 20.1. The van der Waals surface area contributed by atoms with Crippen LogP contribution in [0.4, 0.5) is 9.52 Å². The third kappa shape index (κ3) is 5.35. The van der Waals surface area contributed by atoms with Crippen molar-refractivity contribution in [1.29, 1.82) is 0 Å². The number of nitrogens with zero attached hydrogens (tertiary/aromatic N) is 1. The van der Waals surface area contributed by atoms with Crippen LogP contribution in [0.3, 0.4) is 0 Å². The van der Waals surface area contributed by atoms with E-state index in [0.717, 1.165) is 0 Å². The molecule has 0 bridgehead atoms. The smallest absolute Gasteiger partial charge is 0.240 e. The summed E-state index contributed by atoms with van der Waals surface area (Å²) in [4.78, 5) is 16.3. The zero-order valence-corrected chi connectivity index (χ0v) is 16.7. The summed E-state index contributed by atoms with van der Waals surface area (Å²) < 4.78 is 40.0. The Morgan fingerprint density at radius 1 is 1.18 bits per heavy atom. The highest BCUT2D eigenvalue weighted by atomic mass is 35.5. The Morgan fingerprint density at radius 2 is 1.96 bits per heavy atom. The quantitative estimate of drug-likeness (QED) is 0.584. The minimum absolute atomic E-state index is 0.0278. The molecular weight excluding hydrogens is 425 g/mol. The topological polar surface area (TPSA) is 88.2 Å². The lowest BCUT2D eigenvalue weighted by molar-refractivity contribution is -0.116. The molecule has 0 aliphatic rings. The molecule has 6 nitrogen and oxygen atoms in total. The lowest BCUT2D eigenvalue weighted by Crippen LogP contribution is -2.27. The van der Waals surface area contributed by atoms with E-state index < -0.39 is 15.9 Å². The van der Waals surface area contributed by atoms with E-state index in [1.165, 1.54) is 41.7 Å². The first-order valence-electron chi connectivity index (χ1n) is 8.10. The van der Waals surface area contributed by atoms with Gasteiger partial charge in [0.1, 0.15) is 5.82 Å². The molecular formula is C18H15ClFN3O3S2. The first-order valence-corrected chi connectivity index (χ1v) is 10.8. The fraction of sp³-hybridized carbons (Fsp3) is 0.111. The van der Waals surface area contributed by atoms with E-state index in [-0.39, 0.29) is 23.7 Å². The third-order valence-corrected chi connectivity index (χ3v) is 6.07. The summed E-state index contributed by atoms with van der Waals surface area (Å²) in [5.41, 5.74) is 1.15. The number of rotatable bonds is 7. The van der Waals surface area contributed by atoms with Crippen molar-refractivity contribution in [1.82, 2.24) is 9.71 Å². The molecule has 0 unspecified atom stereocenters. The van der Waals surface area contributed by atoms with Gasteiger partial charge in [0.15, 0.2) is 5.13 Å². The number of anilines is 1. The molecule has 1 heterocycles. The highest BCUT2D eigenvalue weighted by molar-refractivity contribution is 7.89. The number of thiazole rings is 1. The molecule has 28 heavy (non-hydrogen) atoms. The maximum absolute atomic E-state index is 13.3. The lowest BCUT2D eigenvalue weighted by Gasteiger charge is -2.07. The van der Waals surface area contributed by atoms with E-state index in [4.69, 9.17) is 11.6 Å². The van der Waals surface area contributed by atoms with Crippen LogP contribution in [-0.2, 0) is 14.8 Å². The summed E-state index contributed by atoms with van der Waals surface area (Å²) in [7, 11) is -3.75. The Labute approximate surface area is 170 Å². The van der Waals surface area contributed by atoms with Crippen LogP contribution in [0.5, 0.6) is 0 Å². The summed E-state index contributed by atoms with van der Waals surface area (Å²) in [5.74, 6) is -0.767. The average Bonchev–Trinajstić information content (AvgIpc) is 3.10. The number of halogens is 2. The number of amides is 1. The van der Waals surface area contributed by atoms with Gasteiger partial charge in [0, 0.05) is 28.9 Å². The van der Waals surface area contributed by atoms with Crippen LogP contribution in [-0.4, -0.2) is 25.9 Å². The van der Waals surface area contributed by atoms with Crippen LogP contribution < -0.4 is 10.0 Å². The van der Waals surface area contributed by atoms with Gasteiger partial charge in [0.05, 0.1) is 10.6 Å². The average molecular weight is 440 g/mol. The second kappa shape index (κ2) is 8.78. The summed E-state index contributed by atoms with van der Waals surface area (Å²) in [6.07, 6.45) is -0.0747. The summed E-state index contributed by atoms with van der Waals surface area (Å²) in [6.45, 7) is -0.0805. The van der Waals surface area contributed by atoms with Crippen molar-refractivity contribution in [2.75, 3.05) is 11.9 Å². The van der Waals surface area contributed by atoms with Crippen molar-refractivity contribution in [3.63, 3.8) is 0 Å². The highest BCUT2D eigenvalue weighted by Gasteiger charge is 2.15. The van der Waals surface area contributed by atoms with E-state index in [2.05, 4.69) is 15.0 Å². The lowest BCUT2D eigenvalue weighted by atomic mass is 10.2. The predicted octanol–water partition coefficient (Wildman–Crippen LogP) is 3.91. The molecule has 146 valence electrons. The highest BCUT2D eigenvalue weighted by Crippen LogP contribution is 2.25. The number of nitrogens with one attached hydrogen (secondary N) is 2. The Kier molecular flexibility index (Phi) is 6.40.